The fourth-order valence-corrected chi connectivity index (χ4v) is 1.81. The standard InChI is InChI=1S/C11H13N5/c12-10-9(8-2-1-5-14-6-8)15-11(16(10)13)7-3-4-7/h1-2,5-7H,3-4,12-13H2. The molecule has 3 rings (SSSR count). The number of pyridine rings is 1. The fraction of sp³-hybridized carbons (Fsp3) is 0.273. The predicted molar refractivity (Wildman–Crippen MR) is 62.0 cm³/mol. The van der Waals surface area contributed by atoms with Gasteiger partial charge in [-0.05, 0) is 25.0 Å². The molecule has 0 aromatic carbocycles. The summed E-state index contributed by atoms with van der Waals surface area (Å²) in [6.07, 6.45) is 5.77. The Kier molecular flexibility index (Phi) is 1.86. The summed E-state index contributed by atoms with van der Waals surface area (Å²) in [6, 6.07) is 3.80. The summed E-state index contributed by atoms with van der Waals surface area (Å²) in [4.78, 5) is 8.57. The number of hydrogen-bond acceptors (Lipinski definition) is 4. The van der Waals surface area contributed by atoms with Crippen LogP contribution in [0.2, 0.25) is 0 Å². The third-order valence-electron chi connectivity index (χ3n) is 2.85. The highest BCUT2D eigenvalue weighted by atomic mass is 15.4. The number of nitrogens with two attached hydrogens (primary N) is 2. The molecule has 82 valence electrons. The van der Waals surface area contributed by atoms with Crippen molar-refractivity contribution in [1.29, 1.82) is 0 Å². The van der Waals surface area contributed by atoms with Crippen molar-refractivity contribution in [3.05, 3.63) is 30.4 Å². The lowest BCUT2D eigenvalue weighted by Crippen LogP contribution is -2.14. The van der Waals surface area contributed by atoms with Gasteiger partial charge in [-0.2, -0.15) is 0 Å². The first-order chi connectivity index (χ1) is 7.77. The van der Waals surface area contributed by atoms with Crippen LogP contribution in [0.4, 0.5) is 5.82 Å². The summed E-state index contributed by atoms with van der Waals surface area (Å²) < 4.78 is 1.50. The zero-order valence-electron chi connectivity index (χ0n) is 8.80. The molecule has 0 atom stereocenters. The largest absolute Gasteiger partial charge is 0.382 e. The molecular formula is C11H13N5. The molecule has 16 heavy (non-hydrogen) atoms. The number of nitrogens with zero attached hydrogens (tertiary/aromatic N) is 3. The maximum Gasteiger partial charge on any atom is 0.150 e. The predicted octanol–water partition coefficient (Wildman–Crippen LogP) is 1.12. The Morgan fingerprint density at radius 2 is 2.19 bits per heavy atom. The van der Waals surface area contributed by atoms with Gasteiger partial charge in [0.1, 0.15) is 11.5 Å². The van der Waals surface area contributed by atoms with Gasteiger partial charge in [-0.25, -0.2) is 9.66 Å². The number of aromatic nitrogens is 3. The van der Waals surface area contributed by atoms with Crippen LogP contribution in [0.1, 0.15) is 24.6 Å². The molecule has 1 saturated carbocycles. The molecule has 5 nitrogen and oxygen atoms in total. The summed E-state index contributed by atoms with van der Waals surface area (Å²) in [5, 5.41) is 0. The number of nitrogen functional groups attached to an aromatic ring is 2. The van der Waals surface area contributed by atoms with E-state index >= 15 is 0 Å². The van der Waals surface area contributed by atoms with E-state index in [9.17, 15) is 0 Å². The molecule has 0 amide bonds. The van der Waals surface area contributed by atoms with Gasteiger partial charge in [0.2, 0.25) is 0 Å². The van der Waals surface area contributed by atoms with Crippen molar-refractivity contribution >= 4 is 5.82 Å². The number of hydrogen-bond donors (Lipinski definition) is 2. The first kappa shape index (κ1) is 9.21. The van der Waals surface area contributed by atoms with Crippen LogP contribution in [-0.4, -0.2) is 14.6 Å². The van der Waals surface area contributed by atoms with Crippen molar-refractivity contribution in [3.63, 3.8) is 0 Å². The van der Waals surface area contributed by atoms with Gasteiger partial charge in [-0.3, -0.25) is 4.98 Å². The average Bonchev–Trinajstić information content (AvgIpc) is 3.10. The van der Waals surface area contributed by atoms with Gasteiger partial charge in [0, 0.05) is 23.9 Å². The number of imidazole rings is 1. The second-order valence-corrected chi connectivity index (χ2v) is 4.09. The first-order valence-corrected chi connectivity index (χ1v) is 5.31. The maximum absolute atomic E-state index is 5.95. The lowest BCUT2D eigenvalue weighted by Gasteiger charge is -2.00. The second-order valence-electron chi connectivity index (χ2n) is 4.09. The minimum absolute atomic E-state index is 0.484. The van der Waals surface area contributed by atoms with E-state index in [-0.39, 0.29) is 0 Å². The van der Waals surface area contributed by atoms with Gasteiger partial charge in [-0.15, -0.1) is 0 Å². The number of rotatable bonds is 2. The lowest BCUT2D eigenvalue weighted by molar-refractivity contribution is 0.855. The van der Waals surface area contributed by atoms with Gasteiger partial charge in [0.15, 0.2) is 5.82 Å². The van der Waals surface area contributed by atoms with E-state index in [0.29, 0.717) is 11.7 Å². The van der Waals surface area contributed by atoms with Crippen molar-refractivity contribution in [3.8, 4) is 11.3 Å². The third kappa shape index (κ3) is 1.32. The van der Waals surface area contributed by atoms with E-state index in [1.807, 2.05) is 12.1 Å². The molecule has 4 N–H and O–H groups in total. The molecule has 0 bridgehead atoms. The van der Waals surface area contributed by atoms with Crippen molar-refractivity contribution in [2.75, 3.05) is 11.6 Å². The zero-order chi connectivity index (χ0) is 11.1. The summed E-state index contributed by atoms with van der Waals surface area (Å²) in [5.41, 5.74) is 7.59. The second kappa shape index (κ2) is 3.23. The molecule has 2 aromatic heterocycles. The lowest BCUT2D eigenvalue weighted by atomic mass is 10.2. The van der Waals surface area contributed by atoms with E-state index in [1.165, 1.54) is 4.68 Å². The molecule has 2 heterocycles. The Morgan fingerprint density at radius 1 is 1.38 bits per heavy atom. The Balaban J connectivity index is 2.11. The summed E-state index contributed by atoms with van der Waals surface area (Å²) in [5.74, 6) is 7.77. The topological polar surface area (TPSA) is 82.8 Å². The Morgan fingerprint density at radius 3 is 2.81 bits per heavy atom. The van der Waals surface area contributed by atoms with Gasteiger partial charge in [-0.1, -0.05) is 0 Å². The molecule has 1 aliphatic rings. The van der Waals surface area contributed by atoms with E-state index in [0.717, 1.165) is 29.9 Å². The fourth-order valence-electron chi connectivity index (χ4n) is 1.81. The van der Waals surface area contributed by atoms with E-state index in [1.54, 1.807) is 12.4 Å². The molecule has 0 saturated heterocycles. The van der Waals surface area contributed by atoms with E-state index < -0.39 is 0 Å². The van der Waals surface area contributed by atoms with Crippen LogP contribution in [0.15, 0.2) is 24.5 Å². The summed E-state index contributed by atoms with van der Waals surface area (Å²) in [6.45, 7) is 0. The van der Waals surface area contributed by atoms with E-state index in [2.05, 4.69) is 9.97 Å². The monoisotopic (exact) mass is 215 g/mol. The molecule has 0 unspecified atom stereocenters. The van der Waals surface area contributed by atoms with Crippen LogP contribution in [0.5, 0.6) is 0 Å². The zero-order valence-corrected chi connectivity index (χ0v) is 8.80. The Hall–Kier alpha value is -2.04. The molecule has 0 spiro atoms. The Labute approximate surface area is 93.1 Å². The molecule has 1 aliphatic carbocycles. The molecule has 1 fully saturated rings. The van der Waals surface area contributed by atoms with Crippen molar-refractivity contribution in [1.82, 2.24) is 14.6 Å². The minimum atomic E-state index is 0.484. The molecule has 2 aromatic rings. The SMILES string of the molecule is Nc1c(-c2cccnc2)nc(C2CC2)n1N. The van der Waals surface area contributed by atoms with E-state index in [4.69, 9.17) is 11.6 Å². The van der Waals surface area contributed by atoms with Crippen LogP contribution < -0.4 is 11.6 Å². The van der Waals surface area contributed by atoms with Crippen LogP contribution in [-0.2, 0) is 0 Å². The molecular weight excluding hydrogens is 202 g/mol. The van der Waals surface area contributed by atoms with Gasteiger partial charge in [0.05, 0.1) is 0 Å². The number of anilines is 1. The smallest absolute Gasteiger partial charge is 0.150 e. The van der Waals surface area contributed by atoms with Crippen LogP contribution in [0, 0.1) is 0 Å². The molecule has 0 radical (unpaired) electrons. The van der Waals surface area contributed by atoms with Gasteiger partial charge < -0.3 is 11.6 Å². The maximum atomic E-state index is 5.95. The quantitative estimate of drug-likeness (QED) is 0.735. The average molecular weight is 215 g/mol. The first-order valence-electron chi connectivity index (χ1n) is 5.31. The van der Waals surface area contributed by atoms with Gasteiger partial charge >= 0.3 is 0 Å². The highest BCUT2D eigenvalue weighted by Crippen LogP contribution is 2.41. The third-order valence-corrected chi connectivity index (χ3v) is 2.85. The van der Waals surface area contributed by atoms with Gasteiger partial charge in [0.25, 0.3) is 0 Å². The van der Waals surface area contributed by atoms with Crippen LogP contribution in [0.25, 0.3) is 11.3 Å². The summed E-state index contributed by atoms with van der Waals surface area (Å²) >= 11 is 0. The van der Waals surface area contributed by atoms with Crippen LogP contribution in [0.3, 0.4) is 0 Å². The van der Waals surface area contributed by atoms with Crippen molar-refractivity contribution in [2.45, 2.75) is 18.8 Å². The Bertz CT molecular complexity index is 513. The highest BCUT2D eigenvalue weighted by Gasteiger charge is 2.30. The van der Waals surface area contributed by atoms with Crippen molar-refractivity contribution < 1.29 is 0 Å². The molecule has 0 aliphatic heterocycles. The molecule has 5 heteroatoms. The van der Waals surface area contributed by atoms with Crippen LogP contribution >= 0.6 is 0 Å². The normalized spacial score (nSPS) is 15.2. The minimum Gasteiger partial charge on any atom is -0.382 e. The van der Waals surface area contributed by atoms with Crippen molar-refractivity contribution in [2.24, 2.45) is 0 Å². The highest BCUT2D eigenvalue weighted by molar-refractivity contribution is 5.70. The summed E-state index contributed by atoms with van der Waals surface area (Å²) in [7, 11) is 0.